The number of hydrogen-bond acceptors (Lipinski definition) is 6. The van der Waals surface area contributed by atoms with Crippen molar-refractivity contribution in [3.8, 4) is 11.5 Å². The van der Waals surface area contributed by atoms with Crippen molar-refractivity contribution < 1.29 is 19.1 Å². The van der Waals surface area contributed by atoms with Crippen molar-refractivity contribution in [3.63, 3.8) is 0 Å². The van der Waals surface area contributed by atoms with Crippen LogP contribution in [0.4, 0.5) is 0 Å². The molecule has 8 nitrogen and oxygen atoms in total. The summed E-state index contributed by atoms with van der Waals surface area (Å²) in [6, 6.07) is 11.3. The highest BCUT2D eigenvalue weighted by atomic mass is 16.5. The molecule has 2 aromatic carbocycles. The lowest BCUT2D eigenvalue weighted by atomic mass is 9.88. The highest BCUT2D eigenvalue weighted by Gasteiger charge is 2.35. The van der Waals surface area contributed by atoms with Crippen molar-refractivity contribution in [1.82, 2.24) is 10.6 Å². The van der Waals surface area contributed by atoms with Gasteiger partial charge in [-0.25, -0.2) is 4.99 Å². The number of guanidine groups is 1. The van der Waals surface area contributed by atoms with Gasteiger partial charge in [0.2, 0.25) is 5.91 Å². The van der Waals surface area contributed by atoms with Crippen LogP contribution in [-0.4, -0.2) is 36.0 Å². The topological polar surface area (TPSA) is 115 Å². The van der Waals surface area contributed by atoms with Crippen LogP contribution in [0.2, 0.25) is 0 Å². The Morgan fingerprint density at radius 2 is 2.08 bits per heavy atom. The first-order valence-corrected chi connectivity index (χ1v) is 12.4. The summed E-state index contributed by atoms with van der Waals surface area (Å²) in [5.74, 6) is 1.59. The van der Waals surface area contributed by atoms with Crippen LogP contribution >= 0.6 is 0 Å². The van der Waals surface area contributed by atoms with Crippen LogP contribution in [0.5, 0.6) is 11.5 Å². The molecule has 0 spiro atoms. The summed E-state index contributed by atoms with van der Waals surface area (Å²) in [5, 5.41) is 5.75. The standard InChI is InChI=1S/C28H32N4O4/c1-28(2)16-22(31-26(34)19-9-11-23-18(14-19)6-4-12-35-23)21-13-17(8-10-24(21)36-28)5-3-7-20-15-25(33)32-27(29)30-20/h3,5,8-11,13-14,20,22H,4,6-7,12,15-16H2,1-2H3,(H,31,34)(H3,29,30,32,33)/b5-3+. The summed E-state index contributed by atoms with van der Waals surface area (Å²) in [5.41, 5.74) is 8.91. The Balaban J connectivity index is 1.33. The number of carbonyl (C=O) groups is 2. The number of aryl methyl sites for hydroxylation is 1. The lowest BCUT2D eigenvalue weighted by Crippen LogP contribution is -2.43. The number of rotatable bonds is 5. The van der Waals surface area contributed by atoms with E-state index in [1.165, 1.54) is 0 Å². The Labute approximate surface area is 211 Å². The van der Waals surface area contributed by atoms with E-state index >= 15 is 0 Å². The van der Waals surface area contributed by atoms with Gasteiger partial charge in [-0.2, -0.15) is 0 Å². The van der Waals surface area contributed by atoms with Gasteiger partial charge >= 0.3 is 0 Å². The van der Waals surface area contributed by atoms with Crippen LogP contribution < -0.4 is 25.8 Å². The summed E-state index contributed by atoms with van der Waals surface area (Å²) in [6.07, 6.45) is 7.46. The average molecular weight is 489 g/mol. The van der Waals surface area contributed by atoms with E-state index in [1.54, 1.807) is 0 Å². The third kappa shape index (κ3) is 5.37. The highest BCUT2D eigenvalue weighted by Crippen LogP contribution is 2.40. The number of nitrogens with two attached hydrogens (primary N) is 1. The van der Waals surface area contributed by atoms with Crippen molar-refractivity contribution in [2.75, 3.05) is 6.61 Å². The van der Waals surface area contributed by atoms with Gasteiger partial charge in [-0.1, -0.05) is 18.2 Å². The third-order valence-corrected chi connectivity index (χ3v) is 6.70. The number of aliphatic imine (C=N–C) groups is 1. The van der Waals surface area contributed by atoms with Crippen molar-refractivity contribution in [1.29, 1.82) is 0 Å². The predicted molar refractivity (Wildman–Crippen MR) is 138 cm³/mol. The van der Waals surface area contributed by atoms with Gasteiger partial charge < -0.3 is 20.5 Å². The minimum atomic E-state index is -0.411. The first-order chi connectivity index (χ1) is 17.3. The molecule has 8 heteroatoms. The Hall–Kier alpha value is -3.81. The van der Waals surface area contributed by atoms with Crippen LogP contribution in [0, 0.1) is 0 Å². The molecular formula is C28H32N4O4. The second-order valence-corrected chi connectivity index (χ2v) is 10.2. The molecule has 2 unspecified atom stereocenters. The Morgan fingerprint density at radius 1 is 1.25 bits per heavy atom. The molecule has 188 valence electrons. The molecule has 0 bridgehead atoms. The SMILES string of the molecule is CC1(C)CC(NC(=O)c2ccc3c(c2)CCCO3)c2cc(/C=C/CC3CC(=O)NC(N)=N3)ccc2O1. The number of fused-ring (bicyclic) bond motifs is 2. The molecule has 0 fully saturated rings. The van der Waals surface area contributed by atoms with Crippen LogP contribution in [0.3, 0.4) is 0 Å². The summed E-state index contributed by atoms with van der Waals surface area (Å²) in [4.78, 5) is 29.2. The fourth-order valence-electron chi connectivity index (χ4n) is 5.03. The van der Waals surface area contributed by atoms with Crippen molar-refractivity contribution in [2.45, 2.75) is 63.6 Å². The van der Waals surface area contributed by atoms with Crippen molar-refractivity contribution in [3.05, 3.63) is 64.7 Å². The zero-order chi connectivity index (χ0) is 25.3. The zero-order valence-corrected chi connectivity index (χ0v) is 20.7. The minimum absolute atomic E-state index is 0.107. The smallest absolute Gasteiger partial charge is 0.251 e. The first-order valence-electron chi connectivity index (χ1n) is 12.4. The van der Waals surface area contributed by atoms with E-state index in [0.29, 0.717) is 24.8 Å². The van der Waals surface area contributed by atoms with Gasteiger partial charge in [0.15, 0.2) is 5.96 Å². The van der Waals surface area contributed by atoms with E-state index in [0.717, 1.165) is 47.6 Å². The molecular weight excluding hydrogens is 456 g/mol. The summed E-state index contributed by atoms with van der Waals surface area (Å²) in [7, 11) is 0. The van der Waals surface area contributed by atoms with Crippen LogP contribution in [0.15, 0.2) is 47.5 Å². The zero-order valence-electron chi connectivity index (χ0n) is 20.7. The monoisotopic (exact) mass is 488 g/mol. The number of ether oxygens (including phenoxy) is 2. The maximum atomic E-state index is 13.2. The molecule has 2 amide bonds. The number of carbonyl (C=O) groups excluding carboxylic acids is 2. The molecule has 2 aromatic rings. The summed E-state index contributed by atoms with van der Waals surface area (Å²) >= 11 is 0. The van der Waals surface area contributed by atoms with Crippen LogP contribution in [0.25, 0.3) is 6.08 Å². The highest BCUT2D eigenvalue weighted by molar-refractivity contribution is 5.98. The predicted octanol–water partition coefficient (Wildman–Crippen LogP) is 3.65. The largest absolute Gasteiger partial charge is 0.493 e. The molecule has 36 heavy (non-hydrogen) atoms. The van der Waals surface area contributed by atoms with Crippen LogP contribution in [-0.2, 0) is 11.2 Å². The molecule has 3 aliphatic rings. The van der Waals surface area contributed by atoms with E-state index < -0.39 is 5.60 Å². The van der Waals surface area contributed by atoms with Crippen molar-refractivity contribution >= 4 is 23.8 Å². The molecule has 4 N–H and O–H groups in total. The molecule has 2 atom stereocenters. The fraction of sp³-hybridized carbons (Fsp3) is 0.393. The van der Waals surface area contributed by atoms with E-state index in [2.05, 4.69) is 21.7 Å². The summed E-state index contributed by atoms with van der Waals surface area (Å²) < 4.78 is 11.9. The molecule has 0 saturated carbocycles. The number of nitrogens with zero attached hydrogens (tertiary/aromatic N) is 1. The number of amides is 2. The van der Waals surface area contributed by atoms with E-state index in [4.69, 9.17) is 15.2 Å². The van der Waals surface area contributed by atoms with Gasteiger partial charge in [0, 0.05) is 24.0 Å². The van der Waals surface area contributed by atoms with Gasteiger partial charge in [0.25, 0.3) is 5.91 Å². The first kappa shape index (κ1) is 23.9. The third-order valence-electron chi connectivity index (χ3n) is 6.70. The number of benzene rings is 2. The maximum absolute atomic E-state index is 13.2. The molecule has 3 heterocycles. The van der Waals surface area contributed by atoms with Gasteiger partial charge in [-0.3, -0.25) is 14.9 Å². The fourth-order valence-corrected chi connectivity index (χ4v) is 5.03. The maximum Gasteiger partial charge on any atom is 0.251 e. The lowest BCUT2D eigenvalue weighted by Gasteiger charge is -2.38. The quantitative estimate of drug-likeness (QED) is 0.594. The normalized spacial score (nSPS) is 22.4. The van der Waals surface area contributed by atoms with Gasteiger partial charge in [0.05, 0.1) is 18.7 Å². The van der Waals surface area contributed by atoms with E-state index in [9.17, 15) is 9.59 Å². The molecule has 0 aromatic heterocycles. The second-order valence-electron chi connectivity index (χ2n) is 10.2. The Morgan fingerprint density at radius 3 is 2.92 bits per heavy atom. The lowest BCUT2D eigenvalue weighted by molar-refractivity contribution is -0.120. The second kappa shape index (κ2) is 9.68. The Bertz CT molecular complexity index is 1250. The number of nitrogens with one attached hydrogen (secondary N) is 2. The molecule has 0 saturated heterocycles. The average Bonchev–Trinajstić information content (AvgIpc) is 2.83. The summed E-state index contributed by atoms with van der Waals surface area (Å²) in [6.45, 7) is 4.79. The van der Waals surface area contributed by atoms with Gasteiger partial charge in [-0.15, -0.1) is 0 Å². The minimum Gasteiger partial charge on any atom is -0.493 e. The number of hydrogen-bond donors (Lipinski definition) is 3. The molecule has 5 rings (SSSR count). The molecule has 3 aliphatic heterocycles. The Kier molecular flexibility index (Phi) is 6.43. The molecule has 0 aliphatic carbocycles. The van der Waals surface area contributed by atoms with Gasteiger partial charge in [-0.05, 0) is 74.6 Å². The van der Waals surface area contributed by atoms with Crippen molar-refractivity contribution in [2.24, 2.45) is 10.7 Å². The van der Waals surface area contributed by atoms with Gasteiger partial charge in [0.1, 0.15) is 17.1 Å². The van der Waals surface area contributed by atoms with E-state index in [-0.39, 0.29) is 29.9 Å². The van der Waals surface area contributed by atoms with Crippen LogP contribution in [0.1, 0.15) is 72.6 Å². The molecule has 0 radical (unpaired) electrons. The van der Waals surface area contributed by atoms with E-state index in [1.807, 2.05) is 56.3 Å².